The normalized spacial score (nSPS) is 10.3. The summed E-state index contributed by atoms with van der Waals surface area (Å²) in [5.41, 5.74) is 1.49. The van der Waals surface area contributed by atoms with Crippen LogP contribution in [0.15, 0.2) is 42.5 Å². The summed E-state index contributed by atoms with van der Waals surface area (Å²) in [5, 5.41) is 3.61. The van der Waals surface area contributed by atoms with E-state index in [0.29, 0.717) is 28.7 Å². The Morgan fingerprint density at radius 1 is 1.12 bits per heavy atom. The van der Waals surface area contributed by atoms with Crippen molar-refractivity contribution >= 4 is 40.7 Å². The molecule has 0 radical (unpaired) electrons. The van der Waals surface area contributed by atoms with E-state index < -0.39 is 0 Å². The molecule has 1 N–H and O–H groups in total. The maximum absolute atomic E-state index is 12.2. The van der Waals surface area contributed by atoms with Crippen molar-refractivity contribution in [1.82, 2.24) is 5.32 Å². The fraction of sp³-hybridized carbons (Fsp3) is 0.263. The number of nitrogens with zero attached hydrogens (tertiary/aromatic N) is 1. The Bertz CT molecular complexity index is 779. The van der Waals surface area contributed by atoms with Crippen LogP contribution in [0.25, 0.3) is 0 Å². The van der Waals surface area contributed by atoms with Crippen molar-refractivity contribution in [1.29, 1.82) is 0 Å². The van der Waals surface area contributed by atoms with Crippen LogP contribution in [0, 0.1) is 0 Å². The molecule has 2 aromatic carbocycles. The first-order chi connectivity index (χ1) is 12.4. The van der Waals surface area contributed by atoms with Crippen molar-refractivity contribution in [2.75, 3.05) is 25.1 Å². The maximum Gasteiger partial charge on any atom is 0.240 e. The van der Waals surface area contributed by atoms with E-state index in [9.17, 15) is 9.59 Å². The van der Waals surface area contributed by atoms with Gasteiger partial charge >= 0.3 is 0 Å². The summed E-state index contributed by atoms with van der Waals surface area (Å²) in [4.78, 5) is 25.5. The lowest BCUT2D eigenvalue weighted by Crippen LogP contribution is -2.40. The standard InChI is InChI=1S/C19H20Cl2N2O3/c1-13(24)23(18-11-15(20)5-8-17(18)21)12-19(25)22-10-9-14-3-6-16(26-2)7-4-14/h3-8,11H,9-10,12H2,1-2H3,(H,22,25). The van der Waals surface area contributed by atoms with Crippen molar-refractivity contribution in [2.24, 2.45) is 0 Å². The second kappa shape index (κ2) is 9.46. The predicted molar refractivity (Wildman–Crippen MR) is 104 cm³/mol. The Morgan fingerprint density at radius 2 is 1.81 bits per heavy atom. The summed E-state index contributed by atoms with van der Waals surface area (Å²) in [6.45, 7) is 1.71. The maximum atomic E-state index is 12.2. The Hall–Kier alpha value is -2.24. The van der Waals surface area contributed by atoms with Gasteiger partial charge in [-0.2, -0.15) is 0 Å². The topological polar surface area (TPSA) is 58.6 Å². The summed E-state index contributed by atoms with van der Waals surface area (Å²) in [6, 6.07) is 12.4. The van der Waals surface area contributed by atoms with E-state index in [4.69, 9.17) is 27.9 Å². The second-order valence-corrected chi connectivity index (χ2v) is 6.49. The van der Waals surface area contributed by atoms with Gasteiger partial charge in [0, 0.05) is 18.5 Å². The van der Waals surface area contributed by atoms with Gasteiger partial charge in [-0.15, -0.1) is 0 Å². The van der Waals surface area contributed by atoms with Crippen LogP contribution in [-0.4, -0.2) is 32.0 Å². The highest BCUT2D eigenvalue weighted by molar-refractivity contribution is 6.35. The molecule has 0 saturated heterocycles. The Balaban J connectivity index is 1.93. The molecule has 0 saturated carbocycles. The zero-order chi connectivity index (χ0) is 19.1. The molecule has 0 unspecified atom stereocenters. The zero-order valence-electron chi connectivity index (χ0n) is 14.6. The predicted octanol–water partition coefficient (Wildman–Crippen LogP) is 3.71. The molecule has 26 heavy (non-hydrogen) atoms. The van der Waals surface area contributed by atoms with Crippen molar-refractivity contribution in [3.63, 3.8) is 0 Å². The van der Waals surface area contributed by atoms with Gasteiger partial charge in [-0.1, -0.05) is 35.3 Å². The Morgan fingerprint density at radius 3 is 2.42 bits per heavy atom. The van der Waals surface area contributed by atoms with E-state index in [1.165, 1.54) is 11.8 Å². The monoisotopic (exact) mass is 394 g/mol. The van der Waals surface area contributed by atoms with Crippen LogP contribution < -0.4 is 15.0 Å². The van der Waals surface area contributed by atoms with Gasteiger partial charge in [0.2, 0.25) is 11.8 Å². The number of carbonyl (C=O) groups is 2. The SMILES string of the molecule is COc1ccc(CCNC(=O)CN(C(C)=O)c2cc(Cl)ccc2Cl)cc1. The van der Waals surface area contributed by atoms with Crippen LogP contribution >= 0.6 is 23.2 Å². The largest absolute Gasteiger partial charge is 0.497 e. The van der Waals surface area contributed by atoms with Crippen LogP contribution in [0.1, 0.15) is 12.5 Å². The summed E-state index contributed by atoms with van der Waals surface area (Å²) < 4.78 is 5.11. The van der Waals surface area contributed by atoms with E-state index in [0.717, 1.165) is 11.3 Å². The van der Waals surface area contributed by atoms with Gasteiger partial charge in [0.25, 0.3) is 0 Å². The molecule has 0 heterocycles. The van der Waals surface area contributed by atoms with E-state index in [1.807, 2.05) is 24.3 Å². The molecule has 0 aliphatic rings. The third-order valence-electron chi connectivity index (χ3n) is 3.78. The molecule has 0 bridgehead atoms. The first-order valence-electron chi connectivity index (χ1n) is 8.03. The number of carbonyl (C=O) groups excluding carboxylic acids is 2. The van der Waals surface area contributed by atoms with Gasteiger partial charge < -0.3 is 15.0 Å². The summed E-state index contributed by atoms with van der Waals surface area (Å²) >= 11 is 12.1. The number of benzene rings is 2. The van der Waals surface area contributed by atoms with Crippen LogP contribution in [0.3, 0.4) is 0 Å². The average molecular weight is 395 g/mol. The van der Waals surface area contributed by atoms with Gasteiger partial charge in [-0.25, -0.2) is 0 Å². The van der Waals surface area contributed by atoms with E-state index in [1.54, 1.807) is 25.3 Å². The van der Waals surface area contributed by atoms with Crippen molar-refractivity contribution in [3.05, 3.63) is 58.1 Å². The van der Waals surface area contributed by atoms with Crippen LogP contribution in [0.5, 0.6) is 5.75 Å². The minimum absolute atomic E-state index is 0.127. The van der Waals surface area contributed by atoms with Gasteiger partial charge in [0.05, 0.1) is 17.8 Å². The molecule has 0 aromatic heterocycles. The van der Waals surface area contributed by atoms with Crippen molar-refractivity contribution in [3.8, 4) is 5.75 Å². The van der Waals surface area contributed by atoms with Crippen LogP contribution in [-0.2, 0) is 16.0 Å². The van der Waals surface area contributed by atoms with Crippen molar-refractivity contribution in [2.45, 2.75) is 13.3 Å². The lowest BCUT2D eigenvalue weighted by atomic mass is 10.1. The first kappa shape index (κ1) is 20.1. The molecule has 7 heteroatoms. The van der Waals surface area contributed by atoms with Gasteiger partial charge in [0.15, 0.2) is 0 Å². The summed E-state index contributed by atoms with van der Waals surface area (Å²) in [5.74, 6) is 0.220. The molecular weight excluding hydrogens is 375 g/mol. The quantitative estimate of drug-likeness (QED) is 0.778. The fourth-order valence-corrected chi connectivity index (χ4v) is 2.78. The lowest BCUT2D eigenvalue weighted by molar-refractivity contribution is -0.123. The number of amides is 2. The highest BCUT2D eigenvalue weighted by atomic mass is 35.5. The molecule has 138 valence electrons. The first-order valence-corrected chi connectivity index (χ1v) is 8.79. The molecule has 2 aromatic rings. The number of halogens is 2. The average Bonchev–Trinajstić information content (AvgIpc) is 2.62. The molecule has 2 amide bonds. The zero-order valence-corrected chi connectivity index (χ0v) is 16.1. The lowest BCUT2D eigenvalue weighted by Gasteiger charge is -2.22. The van der Waals surface area contributed by atoms with E-state index >= 15 is 0 Å². The number of hydrogen-bond donors (Lipinski definition) is 1. The molecule has 0 fully saturated rings. The molecule has 2 rings (SSSR count). The minimum atomic E-state index is -0.292. The Labute approximate surface area is 162 Å². The number of rotatable bonds is 7. The van der Waals surface area contributed by atoms with E-state index in [-0.39, 0.29) is 18.4 Å². The number of hydrogen-bond acceptors (Lipinski definition) is 3. The summed E-state index contributed by atoms with van der Waals surface area (Å²) in [6.07, 6.45) is 0.674. The third kappa shape index (κ3) is 5.64. The number of ether oxygens (including phenoxy) is 1. The number of nitrogens with one attached hydrogen (secondary N) is 1. The highest BCUT2D eigenvalue weighted by Gasteiger charge is 2.18. The summed E-state index contributed by atoms with van der Waals surface area (Å²) in [7, 11) is 1.61. The van der Waals surface area contributed by atoms with Gasteiger partial charge in [-0.05, 0) is 42.3 Å². The second-order valence-electron chi connectivity index (χ2n) is 5.65. The molecule has 0 aliphatic heterocycles. The Kier molecular flexibility index (Phi) is 7.30. The number of anilines is 1. The molecule has 0 atom stereocenters. The van der Waals surface area contributed by atoms with Gasteiger partial charge in [0.1, 0.15) is 12.3 Å². The molecule has 5 nitrogen and oxygen atoms in total. The molecule has 0 spiro atoms. The van der Waals surface area contributed by atoms with Crippen LogP contribution in [0.2, 0.25) is 10.0 Å². The number of methoxy groups -OCH3 is 1. The molecular formula is C19H20Cl2N2O3. The van der Waals surface area contributed by atoms with Gasteiger partial charge in [-0.3, -0.25) is 9.59 Å². The minimum Gasteiger partial charge on any atom is -0.497 e. The smallest absolute Gasteiger partial charge is 0.240 e. The van der Waals surface area contributed by atoms with E-state index in [2.05, 4.69) is 5.32 Å². The third-order valence-corrected chi connectivity index (χ3v) is 4.33. The van der Waals surface area contributed by atoms with Crippen LogP contribution in [0.4, 0.5) is 5.69 Å². The fourth-order valence-electron chi connectivity index (χ4n) is 2.40. The molecule has 0 aliphatic carbocycles. The highest BCUT2D eigenvalue weighted by Crippen LogP contribution is 2.29. The van der Waals surface area contributed by atoms with Crippen molar-refractivity contribution < 1.29 is 14.3 Å².